The minimum absolute atomic E-state index is 0.397. The Bertz CT molecular complexity index is 603. The third-order valence-corrected chi connectivity index (χ3v) is 4.93. The molecule has 1 aliphatic carbocycles. The first-order valence-corrected chi connectivity index (χ1v) is 8.33. The molecule has 1 saturated carbocycles. The van der Waals surface area contributed by atoms with Crippen LogP contribution in [0.4, 0.5) is 11.8 Å². The third-order valence-electron chi connectivity index (χ3n) is 3.76. The minimum Gasteiger partial charge on any atom is -0.368 e. The third kappa shape index (κ3) is 2.73. The van der Waals surface area contributed by atoms with Crippen LogP contribution in [0.5, 0.6) is 0 Å². The van der Waals surface area contributed by atoms with Crippen LogP contribution in [0.2, 0.25) is 0 Å². The van der Waals surface area contributed by atoms with Gasteiger partial charge >= 0.3 is 0 Å². The Morgan fingerprint density at radius 1 is 1.35 bits per heavy atom. The summed E-state index contributed by atoms with van der Waals surface area (Å²) in [6.07, 6.45) is 4.88. The van der Waals surface area contributed by atoms with Crippen molar-refractivity contribution in [2.24, 2.45) is 5.92 Å². The van der Waals surface area contributed by atoms with Crippen molar-refractivity contribution in [3.05, 3.63) is 10.9 Å². The fourth-order valence-corrected chi connectivity index (χ4v) is 3.52. The Hall–Kier alpha value is -1.36. The van der Waals surface area contributed by atoms with E-state index in [4.69, 9.17) is 5.73 Å². The number of rotatable bonds is 6. The summed E-state index contributed by atoms with van der Waals surface area (Å²) in [5, 5.41) is 1.18. The number of fused-ring (bicyclic) bond motifs is 1. The highest BCUT2D eigenvalue weighted by molar-refractivity contribution is 7.18. The van der Waals surface area contributed by atoms with E-state index in [1.165, 1.54) is 23.1 Å². The lowest BCUT2D eigenvalue weighted by Gasteiger charge is -2.23. The molecule has 5 heteroatoms. The summed E-state index contributed by atoms with van der Waals surface area (Å²) in [6.45, 7) is 6.54. The number of hydrogen-bond acceptors (Lipinski definition) is 5. The molecule has 0 bridgehead atoms. The maximum absolute atomic E-state index is 5.91. The summed E-state index contributed by atoms with van der Waals surface area (Å²) in [7, 11) is 0. The molecule has 0 spiro atoms. The second-order valence-corrected chi connectivity index (χ2v) is 6.70. The molecule has 2 heterocycles. The van der Waals surface area contributed by atoms with Gasteiger partial charge in [-0.2, -0.15) is 4.98 Å². The number of nitrogen functional groups attached to an aromatic ring is 1. The van der Waals surface area contributed by atoms with E-state index < -0.39 is 0 Å². The van der Waals surface area contributed by atoms with Crippen molar-refractivity contribution in [1.82, 2.24) is 9.97 Å². The van der Waals surface area contributed by atoms with Crippen LogP contribution < -0.4 is 10.6 Å². The predicted molar refractivity (Wildman–Crippen MR) is 86.4 cm³/mol. The van der Waals surface area contributed by atoms with Crippen molar-refractivity contribution in [3.8, 4) is 0 Å². The highest BCUT2D eigenvalue weighted by atomic mass is 32.1. The monoisotopic (exact) mass is 290 g/mol. The summed E-state index contributed by atoms with van der Waals surface area (Å²) in [5.41, 5.74) is 5.91. The quantitative estimate of drug-likeness (QED) is 0.885. The van der Waals surface area contributed by atoms with Crippen LogP contribution in [0.15, 0.2) is 6.07 Å². The van der Waals surface area contributed by atoms with E-state index in [9.17, 15) is 0 Å². The van der Waals surface area contributed by atoms with Crippen molar-refractivity contribution in [2.75, 3.05) is 23.7 Å². The molecule has 1 fully saturated rings. The standard InChI is InChI=1S/C15H22N4S/c1-3-7-19(9-10-5-6-10)13-12-8-11(4-2)20-14(12)18-15(16)17-13/h8,10H,3-7,9H2,1-2H3,(H2,16,17,18). The van der Waals surface area contributed by atoms with Gasteiger partial charge in [-0.1, -0.05) is 13.8 Å². The van der Waals surface area contributed by atoms with Gasteiger partial charge in [-0.15, -0.1) is 11.3 Å². The maximum Gasteiger partial charge on any atom is 0.223 e. The molecule has 0 saturated heterocycles. The van der Waals surface area contributed by atoms with Crippen LogP contribution in [0.1, 0.15) is 38.0 Å². The molecule has 4 nitrogen and oxygen atoms in total. The van der Waals surface area contributed by atoms with Gasteiger partial charge in [0.1, 0.15) is 10.6 Å². The molecule has 0 aromatic carbocycles. The number of aromatic nitrogens is 2. The second-order valence-electron chi connectivity index (χ2n) is 5.58. The lowest BCUT2D eigenvalue weighted by molar-refractivity contribution is 0.702. The van der Waals surface area contributed by atoms with Gasteiger partial charge in [0.2, 0.25) is 5.95 Å². The Balaban J connectivity index is 2.03. The van der Waals surface area contributed by atoms with Gasteiger partial charge in [0.25, 0.3) is 0 Å². The summed E-state index contributed by atoms with van der Waals surface area (Å²) < 4.78 is 0. The molecule has 0 atom stereocenters. The van der Waals surface area contributed by atoms with Crippen LogP contribution in [0.3, 0.4) is 0 Å². The van der Waals surface area contributed by atoms with E-state index in [1.54, 1.807) is 11.3 Å². The lowest BCUT2D eigenvalue weighted by Crippen LogP contribution is -2.28. The van der Waals surface area contributed by atoms with Gasteiger partial charge in [0.15, 0.2) is 0 Å². The fraction of sp³-hybridized carbons (Fsp3) is 0.600. The smallest absolute Gasteiger partial charge is 0.223 e. The van der Waals surface area contributed by atoms with E-state index in [-0.39, 0.29) is 0 Å². The van der Waals surface area contributed by atoms with Crippen LogP contribution in [0, 0.1) is 5.92 Å². The number of hydrogen-bond donors (Lipinski definition) is 1. The molecular weight excluding hydrogens is 268 g/mol. The zero-order valence-corrected chi connectivity index (χ0v) is 13.0. The molecule has 108 valence electrons. The largest absolute Gasteiger partial charge is 0.368 e. The number of anilines is 2. The van der Waals surface area contributed by atoms with E-state index >= 15 is 0 Å². The highest BCUT2D eigenvalue weighted by Crippen LogP contribution is 2.35. The predicted octanol–water partition coefficient (Wildman–Crippen LogP) is 3.46. The Morgan fingerprint density at radius 2 is 2.15 bits per heavy atom. The summed E-state index contributed by atoms with van der Waals surface area (Å²) in [6, 6.07) is 2.24. The van der Waals surface area contributed by atoms with Gasteiger partial charge in [0, 0.05) is 18.0 Å². The molecule has 20 heavy (non-hydrogen) atoms. The van der Waals surface area contributed by atoms with Gasteiger partial charge in [-0.3, -0.25) is 0 Å². The van der Waals surface area contributed by atoms with Crippen molar-refractivity contribution in [1.29, 1.82) is 0 Å². The average Bonchev–Trinajstić information content (AvgIpc) is 3.14. The molecular formula is C15H22N4S. The Labute approximate surface area is 124 Å². The van der Waals surface area contributed by atoms with Crippen molar-refractivity contribution in [3.63, 3.8) is 0 Å². The lowest BCUT2D eigenvalue weighted by atomic mass is 10.2. The molecule has 3 rings (SSSR count). The van der Waals surface area contributed by atoms with E-state index in [0.29, 0.717) is 5.95 Å². The first kappa shape index (κ1) is 13.6. The number of thiophene rings is 1. The number of aryl methyl sites for hydroxylation is 1. The molecule has 0 amide bonds. The van der Waals surface area contributed by atoms with Gasteiger partial charge in [-0.05, 0) is 37.7 Å². The number of nitrogens with two attached hydrogens (primary N) is 1. The van der Waals surface area contributed by atoms with Gasteiger partial charge in [0.05, 0.1) is 5.39 Å². The molecule has 0 aliphatic heterocycles. The van der Waals surface area contributed by atoms with Crippen LogP contribution in [0.25, 0.3) is 10.2 Å². The molecule has 0 radical (unpaired) electrons. The van der Waals surface area contributed by atoms with Crippen molar-refractivity contribution in [2.45, 2.75) is 39.5 Å². The van der Waals surface area contributed by atoms with Gasteiger partial charge < -0.3 is 10.6 Å². The topological polar surface area (TPSA) is 55.0 Å². The summed E-state index contributed by atoms with van der Waals surface area (Å²) in [4.78, 5) is 13.7. The zero-order chi connectivity index (χ0) is 14.1. The minimum atomic E-state index is 0.397. The first-order chi connectivity index (χ1) is 9.71. The highest BCUT2D eigenvalue weighted by Gasteiger charge is 2.26. The Kier molecular flexibility index (Phi) is 3.78. The van der Waals surface area contributed by atoms with Crippen molar-refractivity contribution >= 4 is 33.3 Å². The molecule has 0 unspecified atom stereocenters. The molecule has 2 aromatic heterocycles. The van der Waals surface area contributed by atoms with E-state index in [1.807, 2.05) is 0 Å². The van der Waals surface area contributed by atoms with Crippen LogP contribution in [-0.2, 0) is 6.42 Å². The van der Waals surface area contributed by atoms with Crippen LogP contribution in [-0.4, -0.2) is 23.1 Å². The molecule has 2 N–H and O–H groups in total. The number of nitrogens with zero attached hydrogens (tertiary/aromatic N) is 3. The molecule has 2 aromatic rings. The Morgan fingerprint density at radius 3 is 2.80 bits per heavy atom. The fourth-order valence-electron chi connectivity index (χ4n) is 2.55. The normalized spacial score (nSPS) is 14.9. The van der Waals surface area contributed by atoms with Gasteiger partial charge in [-0.25, -0.2) is 4.98 Å². The second kappa shape index (κ2) is 5.56. The van der Waals surface area contributed by atoms with E-state index in [2.05, 4.69) is 34.8 Å². The zero-order valence-electron chi connectivity index (χ0n) is 12.2. The summed E-state index contributed by atoms with van der Waals surface area (Å²) in [5.74, 6) is 2.28. The summed E-state index contributed by atoms with van der Waals surface area (Å²) >= 11 is 1.74. The molecule has 1 aliphatic rings. The van der Waals surface area contributed by atoms with E-state index in [0.717, 1.165) is 42.5 Å². The maximum atomic E-state index is 5.91. The SMILES string of the molecule is CCCN(CC1CC1)c1nc(N)nc2sc(CC)cc12. The van der Waals surface area contributed by atoms with Crippen LogP contribution >= 0.6 is 11.3 Å². The first-order valence-electron chi connectivity index (χ1n) is 7.52. The average molecular weight is 290 g/mol. The van der Waals surface area contributed by atoms with Crippen molar-refractivity contribution < 1.29 is 0 Å².